The maximum absolute atomic E-state index is 6.52. The van der Waals surface area contributed by atoms with Crippen molar-refractivity contribution in [3.8, 4) is 22.5 Å². The van der Waals surface area contributed by atoms with Crippen molar-refractivity contribution >= 4 is 5.71 Å². The molecule has 2 N–H and O–H groups in total. The van der Waals surface area contributed by atoms with E-state index in [9.17, 15) is 0 Å². The van der Waals surface area contributed by atoms with E-state index < -0.39 is 0 Å². The summed E-state index contributed by atoms with van der Waals surface area (Å²) in [5.41, 5.74) is 18.3. The van der Waals surface area contributed by atoms with Gasteiger partial charge in [-0.15, -0.1) is 0 Å². The summed E-state index contributed by atoms with van der Waals surface area (Å²) in [7, 11) is 0. The first kappa shape index (κ1) is 39.3. The largest absolute Gasteiger partial charge is 0.373 e. The van der Waals surface area contributed by atoms with Crippen molar-refractivity contribution < 1.29 is 18.5 Å². The van der Waals surface area contributed by atoms with Crippen LogP contribution in [0.25, 0.3) is 22.5 Å². The molecule has 8 nitrogen and oxygen atoms in total. The zero-order chi connectivity index (χ0) is 40.1. The lowest BCUT2D eigenvalue weighted by atomic mass is 10.0. The van der Waals surface area contributed by atoms with Crippen LogP contribution in [0.4, 0.5) is 0 Å². The van der Waals surface area contributed by atoms with Crippen LogP contribution < -0.4 is 5.73 Å². The van der Waals surface area contributed by atoms with E-state index >= 15 is 0 Å². The molecular weight excluding hydrogens is 733 g/mol. The quantitative estimate of drug-likeness (QED) is 0.116. The average Bonchev–Trinajstić information content (AvgIpc) is 4.11. The third-order valence-corrected chi connectivity index (χ3v) is 12.4. The van der Waals surface area contributed by atoms with Gasteiger partial charge in [-0.3, -0.25) is 4.99 Å². The van der Waals surface area contributed by atoms with Gasteiger partial charge in [0.05, 0.1) is 37.2 Å². The van der Waals surface area contributed by atoms with Gasteiger partial charge in [0.1, 0.15) is 22.9 Å². The van der Waals surface area contributed by atoms with Gasteiger partial charge in [0, 0.05) is 51.3 Å². The number of aryl methyl sites for hydroxylation is 2. The maximum atomic E-state index is 6.52. The predicted octanol–water partition coefficient (Wildman–Crippen LogP) is 11.4. The molecule has 2 heterocycles. The van der Waals surface area contributed by atoms with Gasteiger partial charge in [0.25, 0.3) is 0 Å². The van der Waals surface area contributed by atoms with Gasteiger partial charge in [-0.05, 0) is 89.2 Å². The molecule has 0 radical (unpaired) electrons. The van der Waals surface area contributed by atoms with E-state index in [0.717, 1.165) is 101 Å². The highest BCUT2D eigenvalue weighted by atomic mass is 16.5. The lowest BCUT2D eigenvalue weighted by molar-refractivity contribution is 0.0441. The molecule has 4 aliphatic carbocycles. The van der Waals surface area contributed by atoms with Crippen molar-refractivity contribution in [2.24, 2.45) is 10.7 Å². The molecular formula is C51H56N4O4. The molecule has 2 unspecified atom stereocenters. The van der Waals surface area contributed by atoms with Gasteiger partial charge in [-0.1, -0.05) is 120 Å². The number of rotatable bonds is 13. The second-order valence-corrected chi connectivity index (χ2v) is 17.0. The summed E-state index contributed by atoms with van der Waals surface area (Å²) in [5.74, 6) is 3.08. The van der Waals surface area contributed by atoms with Crippen LogP contribution >= 0.6 is 0 Å². The normalized spacial score (nSPS) is 21.3. The first-order valence-corrected chi connectivity index (χ1v) is 21.7. The minimum Gasteiger partial charge on any atom is -0.373 e. The van der Waals surface area contributed by atoms with Gasteiger partial charge in [-0.2, -0.15) is 0 Å². The summed E-state index contributed by atoms with van der Waals surface area (Å²) in [6.45, 7) is 5.37. The van der Waals surface area contributed by atoms with Crippen molar-refractivity contribution in [2.45, 2.75) is 127 Å². The predicted molar refractivity (Wildman–Crippen MR) is 232 cm³/mol. The molecule has 0 saturated heterocycles. The van der Waals surface area contributed by atoms with Gasteiger partial charge < -0.3 is 24.3 Å². The fourth-order valence-corrected chi connectivity index (χ4v) is 8.76. The molecule has 304 valence electrons. The number of nitrogens with two attached hydrogens (primary N) is 1. The SMILES string of the molecule is Cc1ccccc1-c1noc(C2CC2)c1COC1CC[C@@H](N)C1.Cc1ccccc1-c1noc(C2CC2)c1COC1CC[C@@H](N=C(c2ccccc2)c2ccccc2)C1. The number of benzene rings is 4. The lowest BCUT2D eigenvalue weighted by Crippen LogP contribution is -2.17. The Morgan fingerprint density at radius 1 is 0.576 bits per heavy atom. The van der Waals surface area contributed by atoms with E-state index in [-0.39, 0.29) is 18.2 Å². The van der Waals surface area contributed by atoms with E-state index in [2.05, 4.69) is 133 Å². The van der Waals surface area contributed by atoms with E-state index in [4.69, 9.17) is 29.2 Å². The molecule has 0 amide bonds. The second-order valence-electron chi connectivity index (χ2n) is 17.0. The number of hydrogen-bond donors (Lipinski definition) is 1. The van der Waals surface area contributed by atoms with Crippen molar-refractivity contribution in [1.29, 1.82) is 0 Å². The van der Waals surface area contributed by atoms with Crippen molar-refractivity contribution in [2.75, 3.05) is 0 Å². The summed E-state index contributed by atoms with van der Waals surface area (Å²) < 4.78 is 24.3. The summed E-state index contributed by atoms with van der Waals surface area (Å²) in [6.07, 6.45) is 11.3. The highest BCUT2D eigenvalue weighted by Gasteiger charge is 2.35. The minimum absolute atomic E-state index is 0.193. The van der Waals surface area contributed by atoms with E-state index in [1.807, 2.05) is 0 Å². The van der Waals surface area contributed by atoms with Gasteiger partial charge >= 0.3 is 0 Å². The first-order valence-electron chi connectivity index (χ1n) is 21.7. The van der Waals surface area contributed by atoms with Crippen LogP contribution in [0.15, 0.2) is 123 Å². The van der Waals surface area contributed by atoms with Crippen molar-refractivity contribution in [3.63, 3.8) is 0 Å². The Labute approximate surface area is 348 Å². The zero-order valence-electron chi connectivity index (χ0n) is 34.4. The number of hydrogen-bond acceptors (Lipinski definition) is 8. The molecule has 6 aromatic rings. The second kappa shape index (κ2) is 18.0. The zero-order valence-corrected chi connectivity index (χ0v) is 34.4. The van der Waals surface area contributed by atoms with Crippen LogP contribution in [0.2, 0.25) is 0 Å². The van der Waals surface area contributed by atoms with Crippen LogP contribution in [0.5, 0.6) is 0 Å². The summed E-state index contributed by atoms with van der Waals surface area (Å²) >= 11 is 0. The van der Waals surface area contributed by atoms with Crippen LogP contribution in [0, 0.1) is 13.8 Å². The first-order chi connectivity index (χ1) is 29.0. The van der Waals surface area contributed by atoms with Crippen molar-refractivity contribution in [3.05, 3.63) is 154 Å². The van der Waals surface area contributed by atoms with Gasteiger partial charge in [0.15, 0.2) is 0 Å². The van der Waals surface area contributed by atoms with E-state index in [1.54, 1.807) is 0 Å². The lowest BCUT2D eigenvalue weighted by Gasteiger charge is -2.14. The third-order valence-electron chi connectivity index (χ3n) is 12.4. The van der Waals surface area contributed by atoms with Crippen LogP contribution in [-0.4, -0.2) is 40.3 Å². The molecule has 4 aromatic carbocycles. The average molecular weight is 789 g/mol. The number of nitrogens with zero attached hydrogens (tertiary/aromatic N) is 3. The molecule has 10 rings (SSSR count). The number of ether oxygens (including phenoxy) is 2. The molecule has 2 aromatic heterocycles. The maximum Gasteiger partial charge on any atom is 0.145 e. The molecule has 0 bridgehead atoms. The van der Waals surface area contributed by atoms with Gasteiger partial charge in [0.2, 0.25) is 0 Å². The Bertz CT molecular complexity index is 2300. The van der Waals surface area contributed by atoms with E-state index in [0.29, 0.717) is 31.1 Å². The smallest absolute Gasteiger partial charge is 0.145 e. The van der Waals surface area contributed by atoms with Crippen molar-refractivity contribution in [1.82, 2.24) is 10.3 Å². The molecule has 4 saturated carbocycles. The van der Waals surface area contributed by atoms with Crippen LogP contribution in [0.1, 0.15) is 121 Å². The molecule has 8 heteroatoms. The standard InChI is InChI=1S/C32H32N2O2.C19H24N2O2/c1-22-10-8-9-15-28(22)31-29(32(36-34-31)25-16-17-25)21-35-27-19-18-26(20-27)33-30(23-11-4-2-5-12-23)24-13-6-3-7-14-24;1-12-4-2-3-5-16(12)18-17(19(23-21-18)13-6-7-13)11-22-15-9-8-14(20)10-15/h2-15,25-27H,16-21H2,1H3;2-5,13-15H,6-11,20H2,1H3/t26-,27?;14-,15?/m11/s1. The monoisotopic (exact) mass is 788 g/mol. The number of aromatic nitrogens is 2. The molecule has 0 aliphatic heterocycles. The Balaban J connectivity index is 0.000000168. The highest BCUT2D eigenvalue weighted by molar-refractivity contribution is 6.13. The van der Waals surface area contributed by atoms with Crippen LogP contribution in [0.3, 0.4) is 0 Å². The topological polar surface area (TPSA) is 109 Å². The Hall–Kier alpha value is -5.15. The molecule has 0 spiro atoms. The Kier molecular flexibility index (Phi) is 12.0. The fourth-order valence-electron chi connectivity index (χ4n) is 8.76. The van der Waals surface area contributed by atoms with Gasteiger partial charge in [-0.25, -0.2) is 0 Å². The third kappa shape index (κ3) is 9.36. The Morgan fingerprint density at radius 3 is 1.49 bits per heavy atom. The molecule has 4 atom stereocenters. The Morgan fingerprint density at radius 2 is 1.03 bits per heavy atom. The molecule has 4 fully saturated rings. The summed E-state index contributed by atoms with van der Waals surface area (Å²) in [4.78, 5) is 5.25. The van der Waals surface area contributed by atoms with E-state index in [1.165, 1.54) is 36.8 Å². The minimum atomic E-state index is 0.193. The molecule has 59 heavy (non-hydrogen) atoms. The van der Waals surface area contributed by atoms with Crippen LogP contribution in [-0.2, 0) is 22.7 Å². The molecule has 4 aliphatic rings. The summed E-state index contributed by atoms with van der Waals surface area (Å²) in [6, 6.07) is 38.3. The highest BCUT2D eigenvalue weighted by Crippen LogP contribution is 2.46. The fraction of sp³-hybridized carbons (Fsp3) is 0.392. The summed E-state index contributed by atoms with van der Waals surface area (Å²) in [5, 5.41) is 8.89. The number of aliphatic imine (C=N–C) groups is 1.